The lowest BCUT2D eigenvalue weighted by molar-refractivity contribution is 0.122. The third kappa shape index (κ3) is 18.2. The first-order valence-corrected chi connectivity index (χ1v) is 11.2. The molecule has 0 saturated carbocycles. The van der Waals surface area contributed by atoms with Gasteiger partial charge in [0.05, 0.1) is 0 Å². The lowest BCUT2D eigenvalue weighted by atomic mass is 10.1. The van der Waals surface area contributed by atoms with Crippen molar-refractivity contribution >= 4 is 8.80 Å². The van der Waals surface area contributed by atoms with E-state index in [0.29, 0.717) is 0 Å². The van der Waals surface area contributed by atoms with Gasteiger partial charge in [0.25, 0.3) is 0 Å². The minimum atomic E-state index is -2.31. The van der Waals surface area contributed by atoms with Gasteiger partial charge >= 0.3 is 8.80 Å². The number of hydrogen-bond acceptors (Lipinski definition) is 4. The quantitative estimate of drug-likeness (QED) is 0.347. The molecule has 0 rings (SSSR count). The molecule has 0 aliphatic carbocycles. The maximum Gasteiger partial charge on any atom is 0.500 e. The summed E-state index contributed by atoms with van der Waals surface area (Å²) in [7, 11) is 2.76. The number of rotatable bonds is 14. The molecular formula is C18H42O4Si. The molecular weight excluding hydrogens is 308 g/mol. The molecule has 0 aromatic heterocycles. The van der Waals surface area contributed by atoms with Gasteiger partial charge in [0.1, 0.15) is 0 Å². The first-order chi connectivity index (χ1) is 11.0. The third-order valence-corrected chi connectivity index (χ3v) is 6.60. The van der Waals surface area contributed by atoms with Crippen molar-refractivity contribution in [2.75, 3.05) is 21.3 Å². The number of unbranched alkanes of at least 4 members (excludes halogenated alkanes) is 9. The molecule has 4 nitrogen and oxygen atoms in total. The summed E-state index contributed by atoms with van der Waals surface area (Å²) in [6.07, 6.45) is 13.3. The second-order valence-corrected chi connectivity index (χ2v) is 9.41. The van der Waals surface area contributed by atoms with Gasteiger partial charge in [0.2, 0.25) is 0 Å². The highest BCUT2D eigenvalue weighted by molar-refractivity contribution is 6.60. The maximum atomic E-state index is 8.06. The normalized spacial score (nSPS) is 11.5. The zero-order valence-corrected chi connectivity index (χ0v) is 17.5. The molecule has 0 bridgehead atoms. The summed E-state index contributed by atoms with van der Waals surface area (Å²) in [5, 5.41) is 8.06. The molecule has 1 N–H and O–H groups in total. The van der Waals surface area contributed by atoms with Crippen molar-refractivity contribution in [3.63, 3.8) is 0 Å². The van der Waals surface area contributed by atoms with E-state index in [1.54, 1.807) is 35.2 Å². The van der Waals surface area contributed by atoms with E-state index < -0.39 is 8.80 Å². The van der Waals surface area contributed by atoms with Crippen LogP contribution in [0.15, 0.2) is 0 Å². The van der Waals surface area contributed by atoms with Crippen LogP contribution in [0.5, 0.6) is 0 Å². The van der Waals surface area contributed by atoms with Crippen LogP contribution in [0, 0.1) is 0 Å². The van der Waals surface area contributed by atoms with Crippen LogP contribution in [-0.4, -0.2) is 41.3 Å². The largest absolute Gasteiger partial charge is 0.500 e. The summed E-state index contributed by atoms with van der Waals surface area (Å²) < 4.78 is 16.2. The number of aliphatic hydroxyl groups is 1. The van der Waals surface area contributed by atoms with Crippen molar-refractivity contribution in [3.05, 3.63) is 0 Å². The van der Waals surface area contributed by atoms with Gasteiger partial charge in [-0.05, 0) is 20.3 Å². The molecule has 0 spiro atoms. The fraction of sp³-hybridized carbons (Fsp3) is 1.00. The molecule has 0 aliphatic rings. The Hall–Kier alpha value is 0.0569. The molecule has 0 heterocycles. The second-order valence-electron chi connectivity index (χ2n) is 6.32. The Morgan fingerprint density at radius 3 is 1.30 bits per heavy atom. The molecule has 0 aromatic carbocycles. The monoisotopic (exact) mass is 350 g/mol. The van der Waals surface area contributed by atoms with E-state index >= 15 is 0 Å². The van der Waals surface area contributed by atoms with Gasteiger partial charge < -0.3 is 18.4 Å². The Morgan fingerprint density at radius 1 is 0.696 bits per heavy atom. The Kier molecular flexibility index (Phi) is 20.2. The minimum absolute atomic E-state index is 0.167. The van der Waals surface area contributed by atoms with Crippen molar-refractivity contribution in [1.82, 2.24) is 0 Å². The molecule has 0 aromatic rings. The molecule has 5 heteroatoms. The topological polar surface area (TPSA) is 47.9 Å². The summed E-state index contributed by atoms with van der Waals surface area (Å²) in [4.78, 5) is 0. The number of aliphatic hydroxyl groups excluding tert-OH is 1. The Bertz CT molecular complexity index is 210. The average Bonchev–Trinajstić information content (AvgIpc) is 2.53. The Morgan fingerprint density at radius 2 is 1.00 bits per heavy atom. The van der Waals surface area contributed by atoms with E-state index in [1.807, 2.05) is 0 Å². The van der Waals surface area contributed by atoms with Crippen LogP contribution in [0.2, 0.25) is 6.04 Å². The van der Waals surface area contributed by atoms with Crippen molar-refractivity contribution in [2.24, 2.45) is 0 Å². The van der Waals surface area contributed by atoms with Crippen LogP contribution in [0.3, 0.4) is 0 Å². The first kappa shape index (κ1) is 25.3. The third-order valence-electron chi connectivity index (χ3n) is 3.77. The summed E-state index contributed by atoms with van der Waals surface area (Å²) in [6, 6.07) is 0.938. The van der Waals surface area contributed by atoms with Crippen LogP contribution >= 0.6 is 0 Å². The first-order valence-electron chi connectivity index (χ1n) is 9.31. The van der Waals surface area contributed by atoms with Gasteiger partial charge in [0, 0.05) is 33.5 Å². The highest BCUT2D eigenvalue weighted by Gasteiger charge is 2.36. The standard InChI is InChI=1S/C15H34O3Si.C3H8O/c1-5-6-7-8-9-10-11-12-13-14-15-19(16-2,17-3)18-4;1-3(2)4/h5-15H2,1-4H3;3-4H,1-2H3. The van der Waals surface area contributed by atoms with Gasteiger partial charge in [-0.3, -0.25) is 0 Å². The van der Waals surface area contributed by atoms with E-state index in [0.717, 1.165) is 12.5 Å². The molecule has 0 amide bonds. The summed E-state index contributed by atoms with van der Waals surface area (Å²) in [5.41, 5.74) is 0. The molecule has 0 unspecified atom stereocenters. The van der Waals surface area contributed by atoms with Crippen LogP contribution in [-0.2, 0) is 13.3 Å². The lowest BCUT2D eigenvalue weighted by Gasteiger charge is -2.24. The SMILES string of the molecule is CC(C)O.CCCCCCCCCCCC[Si](OC)(OC)OC. The predicted octanol–water partition coefficient (Wildman–Crippen LogP) is 5.17. The van der Waals surface area contributed by atoms with Crippen LogP contribution in [0.4, 0.5) is 0 Å². The molecule has 0 radical (unpaired) electrons. The van der Waals surface area contributed by atoms with E-state index in [9.17, 15) is 0 Å². The van der Waals surface area contributed by atoms with Gasteiger partial charge in [0.15, 0.2) is 0 Å². The van der Waals surface area contributed by atoms with Crippen molar-refractivity contribution in [2.45, 2.75) is 97.1 Å². The van der Waals surface area contributed by atoms with Gasteiger partial charge in [-0.1, -0.05) is 64.7 Å². The fourth-order valence-corrected chi connectivity index (χ4v) is 4.18. The Labute approximate surface area is 146 Å². The Balaban J connectivity index is 0. The minimum Gasteiger partial charge on any atom is -0.394 e. The molecule has 0 atom stereocenters. The van der Waals surface area contributed by atoms with Crippen LogP contribution in [0.25, 0.3) is 0 Å². The number of hydrogen-bond donors (Lipinski definition) is 1. The second kappa shape index (κ2) is 18.4. The molecule has 0 fully saturated rings. The van der Waals surface area contributed by atoms with Crippen molar-refractivity contribution in [3.8, 4) is 0 Å². The average molecular weight is 351 g/mol. The van der Waals surface area contributed by atoms with Crippen LogP contribution in [0.1, 0.15) is 85.0 Å². The van der Waals surface area contributed by atoms with E-state index in [-0.39, 0.29) is 6.10 Å². The van der Waals surface area contributed by atoms with E-state index in [1.165, 1.54) is 57.8 Å². The van der Waals surface area contributed by atoms with Crippen molar-refractivity contribution in [1.29, 1.82) is 0 Å². The maximum absolute atomic E-state index is 8.06. The zero-order chi connectivity index (χ0) is 18.0. The van der Waals surface area contributed by atoms with Crippen LogP contribution < -0.4 is 0 Å². The molecule has 0 aliphatic heterocycles. The summed E-state index contributed by atoms with van der Waals surface area (Å²) >= 11 is 0. The van der Waals surface area contributed by atoms with E-state index in [4.69, 9.17) is 18.4 Å². The van der Waals surface area contributed by atoms with E-state index in [2.05, 4.69) is 6.92 Å². The molecule has 0 saturated heterocycles. The summed E-state index contributed by atoms with van der Waals surface area (Å²) in [6.45, 7) is 5.71. The summed E-state index contributed by atoms with van der Waals surface area (Å²) in [5.74, 6) is 0. The van der Waals surface area contributed by atoms with Gasteiger partial charge in [-0.2, -0.15) is 0 Å². The predicted molar refractivity (Wildman–Crippen MR) is 101 cm³/mol. The lowest BCUT2D eigenvalue weighted by Crippen LogP contribution is -2.42. The molecule has 23 heavy (non-hydrogen) atoms. The zero-order valence-electron chi connectivity index (χ0n) is 16.5. The smallest absolute Gasteiger partial charge is 0.394 e. The highest BCUT2D eigenvalue weighted by atomic mass is 28.4. The highest BCUT2D eigenvalue weighted by Crippen LogP contribution is 2.18. The van der Waals surface area contributed by atoms with Crippen molar-refractivity contribution < 1.29 is 18.4 Å². The molecule has 142 valence electrons. The van der Waals surface area contributed by atoms with Gasteiger partial charge in [-0.15, -0.1) is 0 Å². The fourth-order valence-electron chi connectivity index (χ4n) is 2.39. The van der Waals surface area contributed by atoms with Gasteiger partial charge in [-0.25, -0.2) is 0 Å².